The zero-order chi connectivity index (χ0) is 12.4. The first kappa shape index (κ1) is 13.5. The summed E-state index contributed by atoms with van der Waals surface area (Å²) >= 11 is 0. The highest BCUT2D eigenvalue weighted by molar-refractivity contribution is 5.72. The summed E-state index contributed by atoms with van der Waals surface area (Å²) in [6.45, 7) is 10.5. The average Bonchev–Trinajstić information content (AvgIpc) is 2.48. The zero-order valence-corrected chi connectivity index (χ0v) is 11.4. The third-order valence-electron chi connectivity index (χ3n) is 3.33. The second-order valence-corrected chi connectivity index (χ2v) is 6.74. The first-order chi connectivity index (χ1) is 7.22. The van der Waals surface area contributed by atoms with Crippen molar-refractivity contribution in [2.45, 2.75) is 72.3 Å². The van der Waals surface area contributed by atoms with E-state index in [9.17, 15) is 4.79 Å². The highest BCUT2D eigenvalue weighted by atomic mass is 16.6. The molecule has 1 aliphatic carbocycles. The van der Waals surface area contributed by atoms with Crippen molar-refractivity contribution < 1.29 is 9.53 Å². The first-order valence-electron chi connectivity index (χ1n) is 6.45. The van der Waals surface area contributed by atoms with Gasteiger partial charge >= 0.3 is 5.97 Å². The van der Waals surface area contributed by atoms with Crippen LogP contribution in [-0.2, 0) is 9.53 Å². The molecule has 0 spiro atoms. The van der Waals surface area contributed by atoms with Gasteiger partial charge in [-0.15, -0.1) is 0 Å². The number of esters is 1. The molecule has 94 valence electrons. The molecule has 0 aliphatic heterocycles. The van der Waals surface area contributed by atoms with Gasteiger partial charge in [0.2, 0.25) is 0 Å². The van der Waals surface area contributed by atoms with Gasteiger partial charge in [0.05, 0.1) is 5.92 Å². The molecule has 2 nitrogen and oxygen atoms in total. The fraction of sp³-hybridized carbons (Fsp3) is 0.929. The number of hydrogen-bond donors (Lipinski definition) is 0. The fourth-order valence-corrected chi connectivity index (χ4v) is 2.57. The predicted octanol–water partition coefficient (Wildman–Crippen LogP) is 3.93. The lowest BCUT2D eigenvalue weighted by molar-refractivity contribution is -0.163. The maximum atomic E-state index is 12.0. The second-order valence-electron chi connectivity index (χ2n) is 6.74. The van der Waals surface area contributed by atoms with E-state index in [1.54, 1.807) is 0 Å². The van der Waals surface area contributed by atoms with Crippen molar-refractivity contribution in [2.24, 2.45) is 11.3 Å². The van der Waals surface area contributed by atoms with E-state index in [1.165, 1.54) is 12.8 Å². The van der Waals surface area contributed by atoms with Crippen LogP contribution < -0.4 is 0 Å². The van der Waals surface area contributed by atoms with Gasteiger partial charge in [0.1, 0.15) is 5.60 Å². The molecule has 1 saturated carbocycles. The number of ether oxygens (including phenoxy) is 1. The van der Waals surface area contributed by atoms with Gasteiger partial charge in [-0.05, 0) is 44.4 Å². The Labute approximate surface area is 99.8 Å². The van der Waals surface area contributed by atoms with Gasteiger partial charge in [0.15, 0.2) is 0 Å². The van der Waals surface area contributed by atoms with E-state index < -0.39 is 0 Å². The smallest absolute Gasteiger partial charge is 0.309 e. The van der Waals surface area contributed by atoms with Crippen LogP contribution in [0.4, 0.5) is 0 Å². The normalized spacial score (nSPS) is 21.8. The third-order valence-corrected chi connectivity index (χ3v) is 3.33. The molecule has 16 heavy (non-hydrogen) atoms. The molecule has 0 aromatic heterocycles. The Morgan fingerprint density at radius 3 is 2.25 bits per heavy atom. The standard InChI is InChI=1S/C14H26O2/c1-11(10-13(2,3)4)12(15)16-14(5)8-6-7-9-14/h11H,6-10H2,1-5H3/t11-/m1/s1. The Hall–Kier alpha value is -0.530. The Bertz CT molecular complexity index is 244. The maximum Gasteiger partial charge on any atom is 0.309 e. The molecule has 0 saturated heterocycles. The summed E-state index contributed by atoms with van der Waals surface area (Å²) in [6.07, 6.45) is 5.33. The van der Waals surface area contributed by atoms with E-state index in [0.717, 1.165) is 19.3 Å². The SMILES string of the molecule is C[C@H](CC(C)(C)C)C(=O)OC1(C)CCCC1. The molecule has 1 fully saturated rings. The van der Waals surface area contributed by atoms with Gasteiger partial charge in [0, 0.05) is 0 Å². The van der Waals surface area contributed by atoms with Crippen molar-refractivity contribution >= 4 is 5.97 Å². The van der Waals surface area contributed by atoms with Crippen LogP contribution in [0.2, 0.25) is 0 Å². The number of rotatable bonds is 3. The zero-order valence-electron chi connectivity index (χ0n) is 11.4. The summed E-state index contributed by atoms with van der Waals surface area (Å²) in [6, 6.07) is 0. The minimum absolute atomic E-state index is 0.0115. The highest BCUT2D eigenvalue weighted by Crippen LogP contribution is 2.34. The van der Waals surface area contributed by atoms with Crippen molar-refractivity contribution in [3.05, 3.63) is 0 Å². The molecular formula is C14H26O2. The van der Waals surface area contributed by atoms with Gasteiger partial charge < -0.3 is 4.74 Å². The lowest BCUT2D eigenvalue weighted by Gasteiger charge is -2.28. The third kappa shape index (κ3) is 4.15. The van der Waals surface area contributed by atoms with E-state index in [0.29, 0.717) is 0 Å². The lowest BCUT2D eigenvalue weighted by Crippen LogP contribution is -2.32. The predicted molar refractivity (Wildman–Crippen MR) is 66.2 cm³/mol. The summed E-state index contributed by atoms with van der Waals surface area (Å²) in [5.41, 5.74) is 0.0121. The lowest BCUT2D eigenvalue weighted by atomic mass is 9.85. The molecule has 0 bridgehead atoms. The summed E-state index contributed by atoms with van der Waals surface area (Å²) < 4.78 is 5.67. The van der Waals surface area contributed by atoms with Crippen molar-refractivity contribution in [1.29, 1.82) is 0 Å². The summed E-state index contributed by atoms with van der Waals surface area (Å²) in [5, 5.41) is 0. The average molecular weight is 226 g/mol. The molecule has 0 N–H and O–H groups in total. The van der Waals surface area contributed by atoms with Crippen LogP contribution in [0, 0.1) is 11.3 Å². The Balaban J connectivity index is 2.45. The minimum atomic E-state index is -0.177. The van der Waals surface area contributed by atoms with Crippen LogP contribution in [-0.4, -0.2) is 11.6 Å². The van der Waals surface area contributed by atoms with Gasteiger partial charge in [0.25, 0.3) is 0 Å². The molecule has 0 aromatic rings. The van der Waals surface area contributed by atoms with Crippen molar-refractivity contribution in [3.8, 4) is 0 Å². The van der Waals surface area contributed by atoms with Gasteiger partial charge in [-0.25, -0.2) is 0 Å². The molecule has 0 heterocycles. The van der Waals surface area contributed by atoms with Crippen LogP contribution in [0.15, 0.2) is 0 Å². The van der Waals surface area contributed by atoms with Crippen LogP contribution >= 0.6 is 0 Å². The molecule has 0 amide bonds. The molecule has 0 unspecified atom stereocenters. The summed E-state index contributed by atoms with van der Waals surface area (Å²) in [7, 11) is 0. The van der Waals surface area contributed by atoms with Crippen LogP contribution in [0.1, 0.15) is 66.7 Å². The molecule has 1 aliphatic rings. The number of carbonyl (C=O) groups is 1. The Morgan fingerprint density at radius 1 is 1.31 bits per heavy atom. The van der Waals surface area contributed by atoms with Crippen molar-refractivity contribution in [1.82, 2.24) is 0 Å². The van der Waals surface area contributed by atoms with Crippen LogP contribution in [0.5, 0.6) is 0 Å². The van der Waals surface area contributed by atoms with Crippen molar-refractivity contribution in [2.75, 3.05) is 0 Å². The molecule has 0 aromatic carbocycles. The molecule has 0 radical (unpaired) electrons. The maximum absolute atomic E-state index is 12.0. The van der Waals surface area contributed by atoms with E-state index in [1.807, 2.05) is 6.92 Å². The number of carbonyl (C=O) groups excluding carboxylic acids is 1. The van der Waals surface area contributed by atoms with E-state index in [4.69, 9.17) is 4.74 Å². The van der Waals surface area contributed by atoms with E-state index >= 15 is 0 Å². The van der Waals surface area contributed by atoms with Gasteiger partial charge in [-0.1, -0.05) is 27.7 Å². The molecule has 1 atom stereocenters. The van der Waals surface area contributed by atoms with Crippen molar-refractivity contribution in [3.63, 3.8) is 0 Å². The van der Waals surface area contributed by atoms with Crippen LogP contribution in [0.3, 0.4) is 0 Å². The minimum Gasteiger partial charge on any atom is -0.459 e. The monoisotopic (exact) mass is 226 g/mol. The van der Waals surface area contributed by atoms with E-state index in [2.05, 4.69) is 27.7 Å². The highest BCUT2D eigenvalue weighted by Gasteiger charge is 2.34. The topological polar surface area (TPSA) is 26.3 Å². The quantitative estimate of drug-likeness (QED) is 0.681. The molecule has 2 heteroatoms. The fourth-order valence-electron chi connectivity index (χ4n) is 2.57. The summed E-state index contributed by atoms with van der Waals surface area (Å²) in [5.74, 6) is -0.00301. The summed E-state index contributed by atoms with van der Waals surface area (Å²) in [4.78, 5) is 12.0. The Morgan fingerprint density at radius 2 is 1.81 bits per heavy atom. The van der Waals surface area contributed by atoms with E-state index in [-0.39, 0.29) is 22.9 Å². The Kier molecular flexibility index (Phi) is 4.03. The largest absolute Gasteiger partial charge is 0.459 e. The second kappa shape index (κ2) is 4.77. The van der Waals surface area contributed by atoms with Crippen LogP contribution in [0.25, 0.3) is 0 Å². The van der Waals surface area contributed by atoms with Gasteiger partial charge in [-0.3, -0.25) is 4.79 Å². The van der Waals surface area contributed by atoms with Gasteiger partial charge in [-0.2, -0.15) is 0 Å². The molecular weight excluding hydrogens is 200 g/mol. The number of hydrogen-bond acceptors (Lipinski definition) is 2. The molecule has 1 rings (SSSR count). The first-order valence-corrected chi connectivity index (χ1v) is 6.45.